The number of rotatable bonds is 11. The molecule has 0 radical (unpaired) electrons. The smallest absolute Gasteiger partial charge is 0.329 e. The van der Waals surface area contributed by atoms with E-state index < -0.39 is 41.9 Å². The molecule has 1 aliphatic carbocycles. The average molecular weight is 373 g/mol. The predicted octanol–water partition coefficient (Wildman–Crippen LogP) is -0.637. The topological polar surface area (TPSA) is 182 Å². The van der Waals surface area contributed by atoms with Gasteiger partial charge < -0.3 is 31.3 Å². The summed E-state index contributed by atoms with van der Waals surface area (Å²) in [5.74, 6) is -4.37. The molecule has 0 aromatic rings. The van der Waals surface area contributed by atoms with E-state index in [0.29, 0.717) is 19.4 Å². The van der Waals surface area contributed by atoms with E-state index in [-0.39, 0.29) is 24.7 Å². The first kappa shape index (κ1) is 21.2. The van der Waals surface area contributed by atoms with Crippen molar-refractivity contribution >= 4 is 29.8 Å². The highest BCUT2D eigenvalue weighted by Gasteiger charge is 2.61. The minimum atomic E-state index is -1.48. The molecule has 11 nitrogen and oxygen atoms in total. The number of nitrogens with one attached hydrogen (secondary N) is 3. The van der Waals surface area contributed by atoms with Crippen LogP contribution in [0, 0.1) is 5.92 Å². The van der Waals surface area contributed by atoms with Crippen molar-refractivity contribution in [1.29, 1.82) is 0 Å². The molecule has 146 valence electrons. The maximum atomic E-state index is 12.0. The van der Waals surface area contributed by atoms with Gasteiger partial charge in [-0.1, -0.05) is 0 Å². The van der Waals surface area contributed by atoms with Gasteiger partial charge in [0, 0.05) is 19.9 Å². The summed E-state index contributed by atoms with van der Waals surface area (Å²) in [5, 5.41) is 34.0. The van der Waals surface area contributed by atoms with E-state index in [9.17, 15) is 29.1 Å². The Hall–Kier alpha value is -2.85. The lowest BCUT2D eigenvalue weighted by atomic mass is 10.1. The molecule has 3 atom stereocenters. The van der Waals surface area contributed by atoms with Crippen molar-refractivity contribution in [2.24, 2.45) is 5.92 Å². The Balaban J connectivity index is 2.55. The van der Waals surface area contributed by atoms with E-state index in [4.69, 9.17) is 10.2 Å². The molecule has 3 amide bonds. The van der Waals surface area contributed by atoms with E-state index in [1.807, 2.05) is 0 Å². The van der Waals surface area contributed by atoms with Crippen LogP contribution in [0.2, 0.25) is 0 Å². The quantitative estimate of drug-likeness (QED) is 0.258. The number of carboxylic acids is 3. The second-order valence-corrected chi connectivity index (χ2v) is 6.22. The standard InChI is InChI=1S/C15H23N3O8/c1-8(19)16-6-2-3-9-7-15(9,13(24)25)18-14(26)17-10(12(22)23)4-5-11(20)21/h9-10H,2-7H2,1H3,(H,16,19)(H,20,21)(H,22,23)(H,24,25)(H2,17,18,26)/t9-,10+,15?/m1/s1. The van der Waals surface area contributed by atoms with Crippen molar-refractivity contribution in [3.8, 4) is 0 Å². The molecule has 26 heavy (non-hydrogen) atoms. The van der Waals surface area contributed by atoms with Gasteiger partial charge in [0.2, 0.25) is 5.91 Å². The second kappa shape index (κ2) is 9.02. The number of carbonyl (C=O) groups excluding carboxylic acids is 2. The minimum Gasteiger partial charge on any atom is -0.481 e. The molecule has 1 unspecified atom stereocenters. The SMILES string of the molecule is CC(=O)NCCC[C@@H]1CC1(NC(=O)N[C@@H](CCC(=O)O)C(=O)O)C(=O)O. The highest BCUT2D eigenvalue weighted by molar-refractivity contribution is 5.91. The summed E-state index contributed by atoms with van der Waals surface area (Å²) in [7, 11) is 0. The molecule has 1 saturated carbocycles. The van der Waals surface area contributed by atoms with Crippen LogP contribution in [-0.2, 0) is 19.2 Å². The van der Waals surface area contributed by atoms with Gasteiger partial charge in [-0.3, -0.25) is 9.59 Å². The van der Waals surface area contributed by atoms with Gasteiger partial charge in [-0.2, -0.15) is 0 Å². The molecule has 0 saturated heterocycles. The Kier molecular flexibility index (Phi) is 7.35. The summed E-state index contributed by atoms with van der Waals surface area (Å²) in [4.78, 5) is 55.9. The van der Waals surface area contributed by atoms with Gasteiger partial charge in [0.15, 0.2) is 0 Å². The molecule has 0 aromatic heterocycles. The van der Waals surface area contributed by atoms with Crippen molar-refractivity contribution in [1.82, 2.24) is 16.0 Å². The summed E-state index contributed by atoms with van der Waals surface area (Å²) in [6.45, 7) is 1.76. The number of carbonyl (C=O) groups is 5. The number of aliphatic carboxylic acids is 3. The van der Waals surface area contributed by atoms with Crippen molar-refractivity contribution < 1.29 is 39.3 Å². The number of amides is 3. The van der Waals surface area contributed by atoms with Crippen LogP contribution in [0.15, 0.2) is 0 Å². The first-order valence-electron chi connectivity index (χ1n) is 8.09. The van der Waals surface area contributed by atoms with Gasteiger partial charge in [-0.25, -0.2) is 14.4 Å². The fraction of sp³-hybridized carbons (Fsp3) is 0.667. The van der Waals surface area contributed by atoms with E-state index >= 15 is 0 Å². The maximum absolute atomic E-state index is 12.0. The summed E-state index contributed by atoms with van der Waals surface area (Å²) in [6, 6.07) is -2.41. The maximum Gasteiger partial charge on any atom is 0.329 e. The summed E-state index contributed by atoms with van der Waals surface area (Å²) in [6.07, 6.45) is 0.432. The van der Waals surface area contributed by atoms with Gasteiger partial charge in [0.1, 0.15) is 11.6 Å². The van der Waals surface area contributed by atoms with Gasteiger partial charge in [-0.05, 0) is 31.6 Å². The Labute approximate surface area is 149 Å². The van der Waals surface area contributed by atoms with Crippen LogP contribution in [0.1, 0.15) is 39.0 Å². The van der Waals surface area contributed by atoms with Crippen LogP contribution in [0.5, 0.6) is 0 Å². The summed E-state index contributed by atoms with van der Waals surface area (Å²) >= 11 is 0. The predicted molar refractivity (Wildman–Crippen MR) is 86.4 cm³/mol. The lowest BCUT2D eigenvalue weighted by molar-refractivity contribution is -0.141. The van der Waals surface area contributed by atoms with Crippen molar-refractivity contribution in [2.45, 2.75) is 50.6 Å². The van der Waals surface area contributed by atoms with Crippen LogP contribution >= 0.6 is 0 Å². The lowest BCUT2D eigenvalue weighted by Crippen LogP contribution is -2.53. The molecule has 0 heterocycles. The van der Waals surface area contributed by atoms with Crippen molar-refractivity contribution in [2.75, 3.05) is 6.54 Å². The Morgan fingerprint density at radius 1 is 1.15 bits per heavy atom. The molecular weight excluding hydrogens is 350 g/mol. The van der Waals surface area contributed by atoms with E-state index in [1.165, 1.54) is 6.92 Å². The molecule has 6 N–H and O–H groups in total. The molecule has 0 aromatic carbocycles. The molecule has 1 aliphatic rings. The largest absolute Gasteiger partial charge is 0.481 e. The third-order valence-electron chi connectivity index (χ3n) is 4.18. The van der Waals surface area contributed by atoms with Crippen molar-refractivity contribution in [3.63, 3.8) is 0 Å². The van der Waals surface area contributed by atoms with Crippen molar-refractivity contribution in [3.05, 3.63) is 0 Å². The minimum absolute atomic E-state index is 0.191. The molecule has 1 rings (SSSR count). The number of urea groups is 1. The fourth-order valence-corrected chi connectivity index (χ4v) is 2.68. The summed E-state index contributed by atoms with van der Waals surface area (Å²) in [5.41, 5.74) is -1.48. The Bertz CT molecular complexity index is 593. The van der Waals surface area contributed by atoms with E-state index in [2.05, 4.69) is 16.0 Å². The number of carboxylic acid groups (broad SMARTS) is 3. The van der Waals surface area contributed by atoms with E-state index in [1.54, 1.807) is 0 Å². The highest BCUT2D eigenvalue weighted by atomic mass is 16.4. The van der Waals surface area contributed by atoms with Gasteiger partial charge in [0.25, 0.3) is 0 Å². The number of hydrogen-bond donors (Lipinski definition) is 6. The molecule has 11 heteroatoms. The van der Waals surface area contributed by atoms with Crippen LogP contribution in [0.4, 0.5) is 4.79 Å². The van der Waals surface area contributed by atoms with Gasteiger partial charge >= 0.3 is 23.9 Å². The third-order valence-corrected chi connectivity index (χ3v) is 4.18. The van der Waals surface area contributed by atoms with Crippen LogP contribution in [0.3, 0.4) is 0 Å². The number of hydrogen-bond acceptors (Lipinski definition) is 5. The first-order chi connectivity index (χ1) is 12.1. The first-order valence-corrected chi connectivity index (χ1v) is 8.09. The zero-order valence-electron chi connectivity index (χ0n) is 14.3. The second-order valence-electron chi connectivity index (χ2n) is 6.22. The summed E-state index contributed by atoms with van der Waals surface area (Å²) < 4.78 is 0. The van der Waals surface area contributed by atoms with E-state index in [0.717, 1.165) is 0 Å². The zero-order valence-corrected chi connectivity index (χ0v) is 14.3. The molecular formula is C15H23N3O8. The average Bonchev–Trinajstić information content (AvgIpc) is 3.21. The van der Waals surface area contributed by atoms with Crippen LogP contribution in [0.25, 0.3) is 0 Å². The molecule has 1 fully saturated rings. The molecule has 0 aliphatic heterocycles. The lowest BCUT2D eigenvalue weighted by Gasteiger charge is -2.19. The van der Waals surface area contributed by atoms with Crippen LogP contribution < -0.4 is 16.0 Å². The zero-order chi connectivity index (χ0) is 19.9. The molecule has 0 bridgehead atoms. The Morgan fingerprint density at radius 3 is 2.31 bits per heavy atom. The normalized spacial score (nSPS) is 22.0. The fourth-order valence-electron chi connectivity index (χ4n) is 2.68. The monoisotopic (exact) mass is 373 g/mol. The van der Waals surface area contributed by atoms with Gasteiger partial charge in [-0.15, -0.1) is 0 Å². The van der Waals surface area contributed by atoms with Crippen LogP contribution in [-0.4, -0.2) is 63.3 Å². The molecule has 0 spiro atoms. The Morgan fingerprint density at radius 2 is 1.81 bits per heavy atom. The third kappa shape index (κ3) is 6.22. The highest BCUT2D eigenvalue weighted by Crippen LogP contribution is 2.46. The van der Waals surface area contributed by atoms with Gasteiger partial charge in [0.05, 0.1) is 0 Å².